The topological polar surface area (TPSA) is 75.6 Å². The van der Waals surface area contributed by atoms with Gasteiger partial charge in [-0.25, -0.2) is 0 Å². The Morgan fingerprint density at radius 1 is 1.36 bits per heavy atom. The minimum Gasteiger partial charge on any atom is -0.493 e. The highest BCUT2D eigenvalue weighted by Crippen LogP contribution is 2.19. The van der Waals surface area contributed by atoms with Crippen LogP contribution >= 0.6 is 11.8 Å². The van der Waals surface area contributed by atoms with Crippen molar-refractivity contribution in [2.45, 2.75) is 13.3 Å². The number of rotatable bonds is 10. The van der Waals surface area contributed by atoms with E-state index in [4.69, 9.17) is 9.84 Å². The summed E-state index contributed by atoms with van der Waals surface area (Å²) in [5.41, 5.74) is 0.853. The molecule has 2 N–H and O–H groups in total. The van der Waals surface area contributed by atoms with Gasteiger partial charge in [0.05, 0.1) is 12.4 Å². The normalized spacial score (nSPS) is 10.6. The maximum absolute atomic E-state index is 11.7. The molecule has 1 rings (SSSR count). The van der Waals surface area contributed by atoms with Crippen molar-refractivity contribution in [3.8, 4) is 5.75 Å². The number of ether oxygens (including phenoxy) is 1. The highest BCUT2D eigenvalue weighted by atomic mass is 32.2. The summed E-state index contributed by atoms with van der Waals surface area (Å²) >= 11 is 1.27. The van der Waals surface area contributed by atoms with Gasteiger partial charge in [-0.2, -0.15) is 0 Å². The molecule has 0 radical (unpaired) electrons. The molecule has 0 unspecified atom stereocenters. The Kier molecular flexibility index (Phi) is 8.83. The molecule has 22 heavy (non-hydrogen) atoms. The van der Waals surface area contributed by atoms with Crippen LogP contribution in [0, 0.1) is 0 Å². The first-order chi connectivity index (χ1) is 10.6. The number of amides is 1. The molecule has 0 saturated heterocycles. The molecular weight excluding hydrogens is 302 g/mol. The van der Waals surface area contributed by atoms with E-state index in [9.17, 15) is 9.59 Å². The van der Waals surface area contributed by atoms with Gasteiger partial charge in [0.2, 0.25) is 5.91 Å². The summed E-state index contributed by atoms with van der Waals surface area (Å²) in [5.74, 6) is 0.321. The van der Waals surface area contributed by atoms with Crippen molar-refractivity contribution in [3.63, 3.8) is 0 Å². The Bertz CT molecular complexity index is 517. The van der Waals surface area contributed by atoms with Gasteiger partial charge in [-0.3, -0.25) is 9.59 Å². The van der Waals surface area contributed by atoms with Crippen molar-refractivity contribution in [1.29, 1.82) is 0 Å². The summed E-state index contributed by atoms with van der Waals surface area (Å²) in [7, 11) is 0. The van der Waals surface area contributed by atoms with Crippen LogP contribution in [0.4, 0.5) is 0 Å². The van der Waals surface area contributed by atoms with Gasteiger partial charge in [-0.05, 0) is 18.6 Å². The molecule has 0 atom stereocenters. The average Bonchev–Trinajstić information content (AvgIpc) is 2.51. The Balaban J connectivity index is 2.40. The van der Waals surface area contributed by atoms with Gasteiger partial charge in [0.1, 0.15) is 5.75 Å². The molecular formula is C16H21NO4S. The lowest BCUT2D eigenvalue weighted by atomic mass is 10.2. The van der Waals surface area contributed by atoms with Crippen LogP contribution < -0.4 is 10.1 Å². The number of aliphatic carboxylic acids is 1. The maximum atomic E-state index is 11.7. The SMILES string of the molecule is CCCOc1ccccc1/C=C/C(=O)NCCSCC(=O)O. The number of hydrogen-bond donors (Lipinski definition) is 2. The van der Waals surface area contributed by atoms with Crippen LogP contribution in [0.25, 0.3) is 6.08 Å². The Hall–Kier alpha value is -1.95. The molecule has 0 saturated carbocycles. The van der Waals surface area contributed by atoms with E-state index in [1.165, 1.54) is 17.8 Å². The van der Waals surface area contributed by atoms with Crippen molar-refractivity contribution < 1.29 is 19.4 Å². The molecule has 0 aliphatic rings. The van der Waals surface area contributed by atoms with Gasteiger partial charge in [-0.15, -0.1) is 11.8 Å². The molecule has 0 heterocycles. The lowest BCUT2D eigenvalue weighted by Crippen LogP contribution is -2.23. The fraction of sp³-hybridized carbons (Fsp3) is 0.375. The number of carbonyl (C=O) groups excluding carboxylic acids is 1. The molecule has 1 amide bonds. The molecule has 0 aliphatic heterocycles. The first-order valence-electron chi connectivity index (χ1n) is 7.10. The zero-order valence-electron chi connectivity index (χ0n) is 12.6. The lowest BCUT2D eigenvalue weighted by molar-refractivity contribution is -0.133. The fourth-order valence-corrected chi connectivity index (χ4v) is 2.16. The Morgan fingerprint density at radius 2 is 2.14 bits per heavy atom. The van der Waals surface area contributed by atoms with E-state index < -0.39 is 5.97 Å². The van der Waals surface area contributed by atoms with E-state index >= 15 is 0 Å². The molecule has 5 nitrogen and oxygen atoms in total. The van der Waals surface area contributed by atoms with Crippen LogP contribution in [-0.2, 0) is 9.59 Å². The minimum absolute atomic E-state index is 0.0495. The van der Waals surface area contributed by atoms with Crippen molar-refractivity contribution in [3.05, 3.63) is 35.9 Å². The molecule has 0 fully saturated rings. The number of carboxylic acid groups (broad SMARTS) is 1. The molecule has 0 aromatic heterocycles. The summed E-state index contributed by atoms with van der Waals surface area (Å²) in [6, 6.07) is 7.54. The number of para-hydroxylation sites is 1. The standard InChI is InChI=1S/C16H21NO4S/c1-2-10-21-14-6-4-3-5-13(14)7-8-15(18)17-9-11-22-12-16(19)20/h3-8H,2,9-12H2,1H3,(H,17,18)(H,19,20)/b8-7+. The first kappa shape index (κ1) is 18.1. The number of carbonyl (C=O) groups is 2. The van der Waals surface area contributed by atoms with Crippen LogP contribution in [0.15, 0.2) is 30.3 Å². The van der Waals surface area contributed by atoms with Crippen LogP contribution in [-0.4, -0.2) is 41.6 Å². The Labute approximate surface area is 134 Å². The Morgan fingerprint density at radius 3 is 2.86 bits per heavy atom. The monoisotopic (exact) mass is 323 g/mol. The van der Waals surface area contributed by atoms with Gasteiger partial charge in [-0.1, -0.05) is 25.1 Å². The second-order valence-electron chi connectivity index (χ2n) is 4.46. The van der Waals surface area contributed by atoms with Crippen molar-refractivity contribution in [1.82, 2.24) is 5.32 Å². The second kappa shape index (κ2) is 10.7. The number of hydrogen-bond acceptors (Lipinski definition) is 4. The minimum atomic E-state index is -0.847. The van der Waals surface area contributed by atoms with Crippen LogP contribution in [0.2, 0.25) is 0 Å². The fourth-order valence-electron chi connectivity index (χ4n) is 1.59. The van der Waals surface area contributed by atoms with E-state index in [0.29, 0.717) is 18.9 Å². The lowest BCUT2D eigenvalue weighted by Gasteiger charge is -2.07. The first-order valence-corrected chi connectivity index (χ1v) is 8.26. The third-order valence-electron chi connectivity index (χ3n) is 2.57. The van der Waals surface area contributed by atoms with Gasteiger partial charge in [0, 0.05) is 23.9 Å². The highest BCUT2D eigenvalue weighted by molar-refractivity contribution is 7.99. The molecule has 120 valence electrons. The van der Waals surface area contributed by atoms with Gasteiger partial charge in [0.15, 0.2) is 0 Å². The van der Waals surface area contributed by atoms with Gasteiger partial charge >= 0.3 is 5.97 Å². The predicted molar refractivity (Wildman–Crippen MR) is 89.2 cm³/mol. The van der Waals surface area contributed by atoms with Crippen molar-refractivity contribution in [2.75, 3.05) is 24.7 Å². The summed E-state index contributed by atoms with van der Waals surface area (Å²) in [6.45, 7) is 3.11. The summed E-state index contributed by atoms with van der Waals surface area (Å²) in [4.78, 5) is 22.0. The summed E-state index contributed by atoms with van der Waals surface area (Å²) in [6.07, 6.45) is 4.09. The van der Waals surface area contributed by atoms with E-state index in [1.54, 1.807) is 6.08 Å². The second-order valence-corrected chi connectivity index (χ2v) is 5.56. The third kappa shape index (κ3) is 7.73. The number of nitrogens with one attached hydrogen (secondary N) is 1. The molecule has 0 spiro atoms. The van der Waals surface area contributed by atoms with Gasteiger partial charge < -0.3 is 15.2 Å². The van der Waals surface area contributed by atoms with E-state index in [-0.39, 0.29) is 11.7 Å². The number of thioether (sulfide) groups is 1. The van der Waals surface area contributed by atoms with E-state index in [2.05, 4.69) is 5.32 Å². The van der Waals surface area contributed by atoms with Crippen LogP contribution in [0.3, 0.4) is 0 Å². The van der Waals surface area contributed by atoms with Crippen molar-refractivity contribution >= 4 is 29.7 Å². The molecule has 0 bridgehead atoms. The molecule has 6 heteroatoms. The third-order valence-corrected chi connectivity index (χ3v) is 3.51. The zero-order chi connectivity index (χ0) is 16.2. The average molecular weight is 323 g/mol. The van der Waals surface area contributed by atoms with E-state index in [1.807, 2.05) is 31.2 Å². The highest BCUT2D eigenvalue weighted by Gasteiger charge is 2.01. The van der Waals surface area contributed by atoms with Crippen LogP contribution in [0.1, 0.15) is 18.9 Å². The van der Waals surface area contributed by atoms with Gasteiger partial charge in [0.25, 0.3) is 0 Å². The number of carboxylic acids is 1. The van der Waals surface area contributed by atoms with E-state index in [0.717, 1.165) is 17.7 Å². The smallest absolute Gasteiger partial charge is 0.313 e. The van der Waals surface area contributed by atoms with Crippen molar-refractivity contribution in [2.24, 2.45) is 0 Å². The zero-order valence-corrected chi connectivity index (χ0v) is 13.4. The summed E-state index contributed by atoms with van der Waals surface area (Å²) < 4.78 is 5.61. The largest absolute Gasteiger partial charge is 0.493 e. The maximum Gasteiger partial charge on any atom is 0.313 e. The summed E-state index contributed by atoms with van der Waals surface area (Å²) in [5, 5.41) is 11.2. The van der Waals surface area contributed by atoms with Crippen LogP contribution in [0.5, 0.6) is 5.75 Å². The number of benzene rings is 1. The molecule has 1 aromatic rings. The predicted octanol–water partition coefficient (Wildman–Crippen LogP) is 2.42. The quantitative estimate of drug-likeness (QED) is 0.511. The molecule has 0 aliphatic carbocycles. The molecule has 1 aromatic carbocycles.